The van der Waals surface area contributed by atoms with Crippen LogP contribution in [0.2, 0.25) is 0 Å². The molecule has 0 bridgehead atoms. The molecule has 0 radical (unpaired) electrons. The molecule has 3 nitrogen and oxygen atoms in total. The SMILES string of the molecule is CCCCN(C)c1ncc(CCN)cc1C. The molecule has 1 heterocycles. The molecule has 1 aromatic heterocycles. The average Bonchev–Trinajstić information content (AvgIpc) is 2.26. The van der Waals surface area contributed by atoms with Crippen LogP contribution in [-0.2, 0) is 6.42 Å². The first-order chi connectivity index (χ1) is 7.69. The van der Waals surface area contributed by atoms with Gasteiger partial charge in [-0.2, -0.15) is 0 Å². The number of hydrogen-bond acceptors (Lipinski definition) is 3. The predicted octanol–water partition coefficient (Wildman–Crippen LogP) is 2.13. The minimum atomic E-state index is 0.687. The van der Waals surface area contributed by atoms with Crippen LogP contribution in [0.3, 0.4) is 0 Å². The Bertz CT molecular complexity index is 323. The Kier molecular flexibility index (Phi) is 5.26. The Labute approximate surface area is 98.7 Å². The van der Waals surface area contributed by atoms with Gasteiger partial charge >= 0.3 is 0 Å². The van der Waals surface area contributed by atoms with Crippen molar-refractivity contribution in [2.75, 3.05) is 25.0 Å². The van der Waals surface area contributed by atoms with E-state index in [1.807, 2.05) is 6.20 Å². The van der Waals surface area contributed by atoms with E-state index < -0.39 is 0 Å². The monoisotopic (exact) mass is 221 g/mol. The molecule has 0 unspecified atom stereocenters. The van der Waals surface area contributed by atoms with E-state index in [1.54, 1.807) is 0 Å². The van der Waals surface area contributed by atoms with Crippen LogP contribution < -0.4 is 10.6 Å². The second-order valence-electron chi connectivity index (χ2n) is 4.30. The molecule has 0 saturated heterocycles. The van der Waals surface area contributed by atoms with Gasteiger partial charge in [0.25, 0.3) is 0 Å². The van der Waals surface area contributed by atoms with Crippen LogP contribution in [0.5, 0.6) is 0 Å². The summed E-state index contributed by atoms with van der Waals surface area (Å²) in [7, 11) is 2.10. The number of unbranched alkanes of at least 4 members (excludes halogenated alkanes) is 1. The molecule has 3 heteroatoms. The van der Waals surface area contributed by atoms with E-state index in [-0.39, 0.29) is 0 Å². The normalized spacial score (nSPS) is 10.5. The maximum atomic E-state index is 5.54. The van der Waals surface area contributed by atoms with Gasteiger partial charge in [0.1, 0.15) is 5.82 Å². The molecule has 16 heavy (non-hydrogen) atoms. The van der Waals surface area contributed by atoms with Gasteiger partial charge in [-0.1, -0.05) is 19.4 Å². The Morgan fingerprint density at radius 3 is 2.75 bits per heavy atom. The molecule has 0 aromatic carbocycles. The number of nitrogens with two attached hydrogens (primary N) is 1. The van der Waals surface area contributed by atoms with Crippen molar-refractivity contribution in [2.45, 2.75) is 33.1 Å². The molecule has 0 spiro atoms. The lowest BCUT2D eigenvalue weighted by Crippen LogP contribution is -2.20. The maximum absolute atomic E-state index is 5.54. The fourth-order valence-corrected chi connectivity index (χ4v) is 1.83. The molecule has 0 saturated carbocycles. The summed E-state index contributed by atoms with van der Waals surface area (Å²) in [6, 6.07) is 2.19. The molecule has 90 valence electrons. The van der Waals surface area contributed by atoms with Crippen molar-refractivity contribution < 1.29 is 0 Å². The lowest BCUT2D eigenvalue weighted by atomic mass is 10.1. The number of rotatable bonds is 6. The third-order valence-electron chi connectivity index (χ3n) is 2.75. The average molecular weight is 221 g/mol. The zero-order valence-electron chi connectivity index (χ0n) is 10.7. The van der Waals surface area contributed by atoms with Crippen molar-refractivity contribution >= 4 is 5.82 Å². The highest BCUT2D eigenvalue weighted by molar-refractivity contribution is 5.46. The second kappa shape index (κ2) is 6.48. The fraction of sp³-hybridized carbons (Fsp3) is 0.615. The fourth-order valence-electron chi connectivity index (χ4n) is 1.83. The van der Waals surface area contributed by atoms with E-state index in [9.17, 15) is 0 Å². The highest BCUT2D eigenvalue weighted by atomic mass is 15.2. The first-order valence-electron chi connectivity index (χ1n) is 6.05. The summed E-state index contributed by atoms with van der Waals surface area (Å²) in [5, 5.41) is 0. The molecule has 0 fully saturated rings. The standard InChI is InChI=1S/C13H23N3/c1-4-5-8-16(3)13-11(2)9-12(6-7-14)10-15-13/h9-10H,4-8,14H2,1-3H3. The van der Waals surface area contributed by atoms with E-state index in [4.69, 9.17) is 5.73 Å². The summed E-state index contributed by atoms with van der Waals surface area (Å²) < 4.78 is 0. The van der Waals surface area contributed by atoms with Crippen molar-refractivity contribution in [1.82, 2.24) is 4.98 Å². The van der Waals surface area contributed by atoms with Crippen LogP contribution in [0.25, 0.3) is 0 Å². The zero-order valence-corrected chi connectivity index (χ0v) is 10.7. The van der Waals surface area contributed by atoms with Crippen molar-refractivity contribution in [3.8, 4) is 0 Å². The Morgan fingerprint density at radius 1 is 1.44 bits per heavy atom. The zero-order chi connectivity index (χ0) is 12.0. The molecule has 0 aliphatic carbocycles. The largest absolute Gasteiger partial charge is 0.359 e. The Balaban J connectivity index is 2.73. The van der Waals surface area contributed by atoms with Gasteiger partial charge in [0.2, 0.25) is 0 Å². The van der Waals surface area contributed by atoms with Crippen LogP contribution >= 0.6 is 0 Å². The molecule has 2 N–H and O–H groups in total. The number of hydrogen-bond donors (Lipinski definition) is 1. The number of anilines is 1. The molecule has 0 amide bonds. The number of aromatic nitrogens is 1. The molecule has 1 rings (SSSR count). The van der Waals surface area contributed by atoms with Crippen molar-refractivity contribution in [2.24, 2.45) is 5.73 Å². The third kappa shape index (κ3) is 3.49. The summed E-state index contributed by atoms with van der Waals surface area (Å²) >= 11 is 0. The van der Waals surface area contributed by atoms with Crippen LogP contribution in [0.4, 0.5) is 5.82 Å². The minimum absolute atomic E-state index is 0.687. The topological polar surface area (TPSA) is 42.2 Å². The molecule has 1 aromatic rings. The van der Waals surface area contributed by atoms with E-state index in [1.165, 1.54) is 24.0 Å². The number of aryl methyl sites for hydroxylation is 1. The molecule has 0 aliphatic rings. The van der Waals surface area contributed by atoms with Gasteiger partial charge in [0.15, 0.2) is 0 Å². The maximum Gasteiger partial charge on any atom is 0.131 e. The molecular formula is C13H23N3. The lowest BCUT2D eigenvalue weighted by Gasteiger charge is -2.20. The van der Waals surface area contributed by atoms with Crippen LogP contribution in [0.1, 0.15) is 30.9 Å². The summed E-state index contributed by atoms with van der Waals surface area (Å²) in [6.07, 6.45) is 5.28. The van der Waals surface area contributed by atoms with Gasteiger partial charge in [-0.25, -0.2) is 4.98 Å². The summed E-state index contributed by atoms with van der Waals surface area (Å²) in [5.41, 5.74) is 8.01. The van der Waals surface area contributed by atoms with Crippen LogP contribution in [-0.4, -0.2) is 25.1 Å². The van der Waals surface area contributed by atoms with Gasteiger partial charge in [-0.3, -0.25) is 0 Å². The number of pyridine rings is 1. The quantitative estimate of drug-likeness (QED) is 0.800. The lowest BCUT2D eigenvalue weighted by molar-refractivity contribution is 0.756. The second-order valence-corrected chi connectivity index (χ2v) is 4.30. The highest BCUT2D eigenvalue weighted by Crippen LogP contribution is 2.17. The van der Waals surface area contributed by atoms with Gasteiger partial charge < -0.3 is 10.6 Å². The highest BCUT2D eigenvalue weighted by Gasteiger charge is 2.06. The predicted molar refractivity (Wildman–Crippen MR) is 69.9 cm³/mol. The van der Waals surface area contributed by atoms with E-state index in [0.717, 1.165) is 18.8 Å². The van der Waals surface area contributed by atoms with Crippen LogP contribution in [0.15, 0.2) is 12.3 Å². The summed E-state index contributed by atoms with van der Waals surface area (Å²) in [6.45, 7) is 6.08. The smallest absolute Gasteiger partial charge is 0.131 e. The van der Waals surface area contributed by atoms with E-state index in [0.29, 0.717) is 6.54 Å². The van der Waals surface area contributed by atoms with Crippen molar-refractivity contribution in [3.63, 3.8) is 0 Å². The summed E-state index contributed by atoms with van der Waals surface area (Å²) in [4.78, 5) is 6.75. The van der Waals surface area contributed by atoms with Gasteiger partial charge in [0.05, 0.1) is 0 Å². The summed E-state index contributed by atoms with van der Waals surface area (Å²) in [5.74, 6) is 1.09. The third-order valence-corrected chi connectivity index (χ3v) is 2.75. The van der Waals surface area contributed by atoms with Crippen molar-refractivity contribution in [3.05, 3.63) is 23.4 Å². The Hall–Kier alpha value is -1.09. The minimum Gasteiger partial charge on any atom is -0.359 e. The van der Waals surface area contributed by atoms with E-state index >= 15 is 0 Å². The molecular weight excluding hydrogens is 198 g/mol. The first-order valence-corrected chi connectivity index (χ1v) is 6.05. The van der Waals surface area contributed by atoms with Gasteiger partial charge in [-0.15, -0.1) is 0 Å². The van der Waals surface area contributed by atoms with Crippen molar-refractivity contribution in [1.29, 1.82) is 0 Å². The first kappa shape index (κ1) is 13.0. The van der Waals surface area contributed by atoms with Gasteiger partial charge in [0, 0.05) is 19.8 Å². The van der Waals surface area contributed by atoms with E-state index in [2.05, 4.69) is 36.8 Å². The molecule has 0 aliphatic heterocycles. The Morgan fingerprint density at radius 2 is 2.19 bits per heavy atom. The van der Waals surface area contributed by atoms with Crippen LogP contribution in [0, 0.1) is 6.92 Å². The van der Waals surface area contributed by atoms with Gasteiger partial charge in [-0.05, 0) is 37.4 Å². The number of nitrogens with zero attached hydrogens (tertiary/aromatic N) is 2. The molecule has 0 atom stereocenters.